The third kappa shape index (κ3) is 7.38. The zero-order chi connectivity index (χ0) is 35.2. The Balaban J connectivity index is 1.25. The van der Waals surface area contributed by atoms with Crippen molar-refractivity contribution in [3.63, 3.8) is 0 Å². The lowest BCUT2D eigenvalue weighted by Crippen LogP contribution is -2.60. The molecule has 2 atom stereocenters. The number of anilines is 1. The molecule has 1 saturated heterocycles. The number of hydrogen-bond acceptors (Lipinski definition) is 8. The number of benzene rings is 1. The molecule has 0 radical (unpaired) electrons. The van der Waals surface area contributed by atoms with E-state index in [9.17, 15) is 23.1 Å². The molecule has 1 N–H and O–H groups in total. The Hall–Kier alpha value is -4.59. The Bertz CT molecular complexity index is 1810. The highest BCUT2D eigenvalue weighted by molar-refractivity contribution is 5.76. The van der Waals surface area contributed by atoms with Crippen LogP contribution < -0.4 is 9.64 Å². The monoisotopic (exact) mass is 681 g/mol. The quantitative estimate of drug-likeness (QED) is 0.246. The lowest BCUT2D eigenvalue weighted by atomic mass is 9.86. The average Bonchev–Trinajstić information content (AvgIpc) is 3.67. The van der Waals surface area contributed by atoms with Gasteiger partial charge in [-0.15, -0.1) is 0 Å². The minimum Gasteiger partial charge on any atom is -0.492 e. The molecule has 0 bridgehead atoms. The highest BCUT2D eigenvalue weighted by atomic mass is 19.4. The van der Waals surface area contributed by atoms with Crippen molar-refractivity contribution in [2.45, 2.75) is 78.1 Å². The first-order valence-electron chi connectivity index (χ1n) is 16.4. The second-order valence-corrected chi connectivity index (χ2v) is 13.9. The highest BCUT2D eigenvalue weighted by Gasteiger charge is 2.40. The fraction of sp³-hybridized carbons (Fsp3) is 0.486. The molecule has 6 rings (SSSR count). The number of pyridine rings is 1. The van der Waals surface area contributed by atoms with Crippen LogP contribution >= 0.6 is 0 Å². The summed E-state index contributed by atoms with van der Waals surface area (Å²) in [5.41, 5.74) is 1.41. The molecule has 3 aromatic heterocycles. The van der Waals surface area contributed by atoms with Crippen molar-refractivity contribution in [1.82, 2.24) is 29.2 Å². The summed E-state index contributed by atoms with van der Waals surface area (Å²) in [4.78, 5) is 25.2. The van der Waals surface area contributed by atoms with E-state index in [4.69, 9.17) is 14.5 Å². The predicted molar refractivity (Wildman–Crippen MR) is 176 cm³/mol. The van der Waals surface area contributed by atoms with Gasteiger partial charge in [-0.25, -0.2) is 14.8 Å². The summed E-state index contributed by atoms with van der Waals surface area (Å²) in [7, 11) is 1.74. The van der Waals surface area contributed by atoms with Crippen molar-refractivity contribution in [2.24, 2.45) is 5.92 Å². The zero-order valence-corrected chi connectivity index (χ0v) is 28.5. The number of fused-ring (bicyclic) bond motifs is 1. The van der Waals surface area contributed by atoms with Gasteiger partial charge in [-0.2, -0.15) is 18.3 Å². The van der Waals surface area contributed by atoms with E-state index in [1.807, 2.05) is 44.4 Å². The van der Waals surface area contributed by atoms with Crippen LogP contribution in [0.2, 0.25) is 0 Å². The summed E-state index contributed by atoms with van der Waals surface area (Å²) in [5.74, 6) is 0.583. The summed E-state index contributed by atoms with van der Waals surface area (Å²) in [6, 6.07) is 7.40. The number of hydrogen-bond donors (Lipinski definition) is 1. The number of carbonyl (C=O) groups excluding carboxylic acids is 1. The minimum atomic E-state index is -4.69. The molecule has 0 aliphatic carbocycles. The van der Waals surface area contributed by atoms with Gasteiger partial charge in [0.15, 0.2) is 5.69 Å². The maximum Gasteiger partial charge on any atom is 0.435 e. The number of carbonyl (C=O) groups is 1. The number of nitrogens with zero attached hydrogens (tertiary/aromatic N) is 7. The van der Waals surface area contributed by atoms with Crippen molar-refractivity contribution >= 4 is 11.9 Å². The van der Waals surface area contributed by atoms with E-state index in [-0.39, 0.29) is 42.2 Å². The van der Waals surface area contributed by atoms with Crippen molar-refractivity contribution < 1.29 is 32.5 Å². The van der Waals surface area contributed by atoms with E-state index in [0.29, 0.717) is 37.2 Å². The number of imidazole rings is 1. The molecule has 1 amide bonds. The van der Waals surface area contributed by atoms with Gasteiger partial charge in [0, 0.05) is 80.1 Å². The van der Waals surface area contributed by atoms with Crippen LogP contribution in [-0.4, -0.2) is 78.8 Å². The van der Waals surface area contributed by atoms with E-state index in [2.05, 4.69) is 15.0 Å². The van der Waals surface area contributed by atoms with Crippen LogP contribution in [0.25, 0.3) is 11.1 Å². The molecular weight excluding hydrogens is 639 g/mol. The Morgan fingerprint density at radius 1 is 1.14 bits per heavy atom. The smallest absolute Gasteiger partial charge is 0.435 e. The Labute approximate surface area is 283 Å². The second-order valence-electron chi connectivity index (χ2n) is 13.9. The third-order valence-electron chi connectivity index (χ3n) is 8.85. The van der Waals surface area contributed by atoms with E-state index in [0.717, 1.165) is 17.1 Å². The zero-order valence-electron chi connectivity index (χ0n) is 28.5. The molecule has 1 fully saturated rings. The van der Waals surface area contributed by atoms with E-state index < -0.39 is 29.5 Å². The standard InChI is InChI=1S/C35H42F3N7O4/c1-7-45-18-28(32(41-45)35(36,37)38)26-12-22(15-43-9-8-39-20-43)13-27-30(46)23(19-48-31(26)27)14-24-10-21(2)11-29(40-24)44-16-25(17-44)42(6)33(47)49-34(3,4)5/h8-13,18,20,23,25,30,46H,7,14-17,19H2,1-6H3/t23-,30-/m0/s1. The van der Waals surface area contributed by atoms with E-state index >= 15 is 0 Å². The average molecular weight is 682 g/mol. The molecule has 2 aliphatic heterocycles. The van der Waals surface area contributed by atoms with Crippen LogP contribution in [0.15, 0.2) is 49.2 Å². The first-order chi connectivity index (χ1) is 23.1. The summed E-state index contributed by atoms with van der Waals surface area (Å²) < 4.78 is 57.4. The van der Waals surface area contributed by atoms with Crippen LogP contribution in [0.4, 0.5) is 23.8 Å². The van der Waals surface area contributed by atoms with Gasteiger partial charge in [0.05, 0.1) is 25.1 Å². The van der Waals surface area contributed by atoms with Crippen molar-refractivity contribution in [3.8, 4) is 16.9 Å². The number of amides is 1. The molecule has 0 spiro atoms. The van der Waals surface area contributed by atoms with Crippen molar-refractivity contribution in [1.29, 1.82) is 0 Å². The van der Waals surface area contributed by atoms with Crippen molar-refractivity contribution in [3.05, 3.63) is 77.3 Å². The number of likely N-dealkylation sites (N-methyl/N-ethyl adjacent to an activating group) is 1. The number of aryl methyl sites for hydroxylation is 2. The number of aromatic nitrogens is 5. The SMILES string of the molecule is CCn1cc(-c2cc(Cn3ccnc3)cc3c2OC[C@H](Cc2cc(C)cc(N4CC(N(C)C(=O)OC(C)(C)C)C4)n2)[C@@H]3O)c(C(F)(F)F)n1. The summed E-state index contributed by atoms with van der Waals surface area (Å²) >= 11 is 0. The molecule has 11 nitrogen and oxygen atoms in total. The highest BCUT2D eigenvalue weighted by Crippen LogP contribution is 2.47. The number of rotatable bonds is 8. The normalized spacial score (nSPS) is 18.1. The van der Waals surface area contributed by atoms with Crippen molar-refractivity contribution in [2.75, 3.05) is 31.6 Å². The summed E-state index contributed by atoms with van der Waals surface area (Å²) in [6.45, 7) is 11.1. The number of aliphatic hydroxyl groups excluding tert-OH is 1. The summed E-state index contributed by atoms with van der Waals surface area (Å²) in [6.07, 6.45) is 0.703. The van der Waals surface area contributed by atoms with Gasteiger partial charge in [0.1, 0.15) is 17.2 Å². The molecular formula is C35H42F3N7O4. The predicted octanol–water partition coefficient (Wildman–Crippen LogP) is 5.88. The van der Waals surface area contributed by atoms with Gasteiger partial charge in [-0.05, 0) is 76.4 Å². The largest absolute Gasteiger partial charge is 0.492 e. The third-order valence-corrected chi connectivity index (χ3v) is 8.85. The van der Waals surface area contributed by atoms with E-state index in [1.165, 1.54) is 10.9 Å². The molecule has 49 heavy (non-hydrogen) atoms. The molecule has 0 saturated carbocycles. The van der Waals surface area contributed by atoms with Crippen LogP contribution in [0.1, 0.15) is 61.9 Å². The van der Waals surface area contributed by atoms with Gasteiger partial charge in [0.25, 0.3) is 0 Å². The Morgan fingerprint density at radius 3 is 2.55 bits per heavy atom. The summed E-state index contributed by atoms with van der Waals surface area (Å²) in [5, 5.41) is 15.6. The molecule has 262 valence electrons. The lowest BCUT2D eigenvalue weighted by molar-refractivity contribution is -0.141. The van der Waals surface area contributed by atoms with Crippen LogP contribution in [0, 0.1) is 12.8 Å². The fourth-order valence-corrected chi connectivity index (χ4v) is 6.30. The van der Waals surface area contributed by atoms with Gasteiger partial charge in [-0.3, -0.25) is 4.68 Å². The number of halogens is 3. The molecule has 4 aromatic rings. The van der Waals surface area contributed by atoms with Gasteiger partial charge in [-0.1, -0.05) is 0 Å². The van der Waals surface area contributed by atoms with E-state index in [1.54, 1.807) is 49.7 Å². The lowest BCUT2D eigenvalue weighted by Gasteiger charge is -2.44. The molecule has 0 unspecified atom stereocenters. The fourth-order valence-electron chi connectivity index (χ4n) is 6.30. The van der Waals surface area contributed by atoms with Crippen LogP contribution in [0.5, 0.6) is 5.75 Å². The molecule has 1 aromatic carbocycles. The van der Waals surface area contributed by atoms with Gasteiger partial charge in [0.2, 0.25) is 0 Å². The Morgan fingerprint density at radius 2 is 1.90 bits per heavy atom. The first-order valence-corrected chi connectivity index (χ1v) is 16.4. The molecule has 2 aliphatic rings. The van der Waals surface area contributed by atoms with Gasteiger partial charge >= 0.3 is 12.3 Å². The number of aliphatic hydroxyl groups is 1. The maximum absolute atomic E-state index is 14.2. The molecule has 5 heterocycles. The second kappa shape index (κ2) is 13.0. The molecule has 14 heteroatoms. The van der Waals surface area contributed by atoms with Gasteiger partial charge < -0.3 is 28.9 Å². The topological polar surface area (TPSA) is 111 Å². The minimum absolute atomic E-state index is 0.0151. The number of alkyl halides is 3. The maximum atomic E-state index is 14.2. The van der Waals surface area contributed by atoms with Crippen LogP contribution in [0.3, 0.4) is 0 Å². The Kier molecular flexibility index (Phi) is 9.12. The first kappa shape index (κ1) is 34.3. The number of ether oxygens (including phenoxy) is 2. The van der Waals surface area contributed by atoms with Crippen LogP contribution in [-0.2, 0) is 30.4 Å².